The molecule has 3 aromatic rings. The van der Waals surface area contributed by atoms with Crippen molar-refractivity contribution < 1.29 is 14.3 Å². The normalized spacial score (nSPS) is 15.9. The van der Waals surface area contributed by atoms with Gasteiger partial charge in [0, 0.05) is 30.5 Å². The standard InChI is InChI=1S/C25H25N3O3S/c29-24(27-11-5-2-6-12-27)15-28-21-14-19(9-10-22(21)31-16-25(28)30)20-17-32-23(26-20)13-18-7-3-1-4-8-18/h1,3-4,7-10,14,17H,2,5-6,11-13,15-16H2. The molecule has 2 aromatic carbocycles. The van der Waals surface area contributed by atoms with Gasteiger partial charge in [0.05, 0.1) is 16.4 Å². The Morgan fingerprint density at radius 2 is 1.88 bits per heavy atom. The molecule has 2 amide bonds. The molecule has 0 atom stereocenters. The van der Waals surface area contributed by atoms with Crippen LogP contribution in [0.3, 0.4) is 0 Å². The molecule has 2 aliphatic rings. The second-order valence-corrected chi connectivity index (χ2v) is 9.12. The van der Waals surface area contributed by atoms with Crippen LogP contribution in [0.25, 0.3) is 11.3 Å². The van der Waals surface area contributed by atoms with Crippen LogP contribution in [0.5, 0.6) is 5.75 Å². The molecule has 1 saturated heterocycles. The van der Waals surface area contributed by atoms with Crippen molar-refractivity contribution in [1.82, 2.24) is 9.88 Å². The van der Waals surface area contributed by atoms with Gasteiger partial charge < -0.3 is 9.64 Å². The summed E-state index contributed by atoms with van der Waals surface area (Å²) in [5, 5.41) is 3.07. The van der Waals surface area contributed by atoms with E-state index in [-0.39, 0.29) is 25.0 Å². The number of carbonyl (C=O) groups is 2. The number of nitrogens with zero attached hydrogens (tertiary/aromatic N) is 3. The number of amides is 2. The number of anilines is 1. The fraction of sp³-hybridized carbons (Fsp3) is 0.320. The molecule has 3 heterocycles. The third-order valence-corrected chi connectivity index (χ3v) is 6.80. The molecule has 1 aromatic heterocycles. The minimum Gasteiger partial charge on any atom is -0.482 e. The molecule has 6 nitrogen and oxygen atoms in total. The molecule has 1 fully saturated rings. The van der Waals surface area contributed by atoms with Crippen LogP contribution in [-0.2, 0) is 16.0 Å². The zero-order chi connectivity index (χ0) is 21.9. The molecule has 7 heteroatoms. The van der Waals surface area contributed by atoms with E-state index < -0.39 is 0 Å². The summed E-state index contributed by atoms with van der Waals surface area (Å²) in [6.07, 6.45) is 4.00. The van der Waals surface area contributed by atoms with Crippen LogP contribution in [0.15, 0.2) is 53.9 Å². The summed E-state index contributed by atoms with van der Waals surface area (Å²) in [4.78, 5) is 33.7. The second-order valence-electron chi connectivity index (χ2n) is 8.18. The van der Waals surface area contributed by atoms with E-state index in [4.69, 9.17) is 9.72 Å². The third kappa shape index (κ3) is 4.39. The van der Waals surface area contributed by atoms with Crippen LogP contribution < -0.4 is 9.64 Å². The minimum atomic E-state index is -0.192. The number of fused-ring (bicyclic) bond motifs is 1. The Kier molecular flexibility index (Phi) is 5.90. The average molecular weight is 448 g/mol. The highest BCUT2D eigenvalue weighted by Gasteiger charge is 2.30. The second kappa shape index (κ2) is 9.12. The quantitative estimate of drug-likeness (QED) is 0.590. The Labute approximate surface area is 191 Å². The fourth-order valence-corrected chi connectivity index (χ4v) is 5.05. The summed E-state index contributed by atoms with van der Waals surface area (Å²) >= 11 is 1.62. The van der Waals surface area contributed by atoms with Crippen LogP contribution in [0.2, 0.25) is 0 Å². The SMILES string of the molecule is O=C(CN1C(=O)COc2ccc(-c3csc(Cc4ccccc4)n3)cc21)N1CCCCC1. The number of benzene rings is 2. The monoisotopic (exact) mass is 447 g/mol. The molecular formula is C25H25N3O3S. The number of thiazole rings is 1. The molecule has 0 bridgehead atoms. The fourth-order valence-electron chi connectivity index (χ4n) is 4.21. The Bertz CT molecular complexity index is 1120. The topological polar surface area (TPSA) is 62.7 Å². The molecule has 0 radical (unpaired) electrons. The van der Waals surface area contributed by atoms with Crippen molar-refractivity contribution in [3.05, 3.63) is 64.5 Å². The number of hydrogen-bond acceptors (Lipinski definition) is 5. The van der Waals surface area contributed by atoms with Crippen LogP contribution in [-0.4, -0.2) is 47.9 Å². The van der Waals surface area contributed by atoms with Crippen LogP contribution in [0.1, 0.15) is 29.8 Å². The van der Waals surface area contributed by atoms with Crippen molar-refractivity contribution in [3.8, 4) is 17.0 Å². The van der Waals surface area contributed by atoms with Gasteiger partial charge in [-0.1, -0.05) is 30.3 Å². The molecule has 2 aliphatic heterocycles. The molecule has 0 unspecified atom stereocenters. The van der Waals surface area contributed by atoms with E-state index in [1.54, 1.807) is 16.2 Å². The summed E-state index contributed by atoms with van der Waals surface area (Å²) in [5.74, 6) is 0.428. The Balaban J connectivity index is 1.38. The van der Waals surface area contributed by atoms with E-state index in [0.29, 0.717) is 11.4 Å². The highest BCUT2D eigenvalue weighted by Crippen LogP contribution is 2.36. The van der Waals surface area contributed by atoms with Crippen LogP contribution in [0, 0.1) is 0 Å². The Morgan fingerprint density at radius 3 is 2.69 bits per heavy atom. The molecule has 0 spiro atoms. The predicted octanol–water partition coefficient (Wildman–Crippen LogP) is 4.14. The van der Waals surface area contributed by atoms with Crippen molar-refractivity contribution >= 4 is 28.8 Å². The first-order valence-corrected chi connectivity index (χ1v) is 11.9. The van der Waals surface area contributed by atoms with Gasteiger partial charge in [-0.25, -0.2) is 4.98 Å². The average Bonchev–Trinajstić information content (AvgIpc) is 3.30. The number of hydrogen-bond donors (Lipinski definition) is 0. The summed E-state index contributed by atoms with van der Waals surface area (Å²) in [5.41, 5.74) is 3.64. The van der Waals surface area contributed by atoms with Crippen molar-refractivity contribution in [2.75, 3.05) is 31.1 Å². The van der Waals surface area contributed by atoms with Gasteiger partial charge in [-0.3, -0.25) is 14.5 Å². The van der Waals surface area contributed by atoms with E-state index >= 15 is 0 Å². The van der Waals surface area contributed by atoms with E-state index in [9.17, 15) is 9.59 Å². The largest absolute Gasteiger partial charge is 0.482 e. The van der Waals surface area contributed by atoms with E-state index in [2.05, 4.69) is 12.1 Å². The zero-order valence-electron chi connectivity index (χ0n) is 17.8. The van der Waals surface area contributed by atoms with Gasteiger partial charge in [-0.15, -0.1) is 11.3 Å². The lowest BCUT2D eigenvalue weighted by atomic mass is 10.1. The van der Waals surface area contributed by atoms with Gasteiger partial charge in [0.25, 0.3) is 5.91 Å². The van der Waals surface area contributed by atoms with E-state index in [1.165, 1.54) is 5.56 Å². The summed E-state index contributed by atoms with van der Waals surface area (Å²) in [6, 6.07) is 16.0. The van der Waals surface area contributed by atoms with Gasteiger partial charge in [0.1, 0.15) is 12.3 Å². The maximum Gasteiger partial charge on any atom is 0.265 e. The third-order valence-electron chi connectivity index (χ3n) is 5.95. The molecule has 0 aliphatic carbocycles. The smallest absolute Gasteiger partial charge is 0.265 e. The number of ether oxygens (including phenoxy) is 1. The highest BCUT2D eigenvalue weighted by atomic mass is 32.1. The van der Waals surface area contributed by atoms with E-state index in [0.717, 1.165) is 55.0 Å². The van der Waals surface area contributed by atoms with Crippen molar-refractivity contribution in [3.63, 3.8) is 0 Å². The Hall–Kier alpha value is -3.19. The highest BCUT2D eigenvalue weighted by molar-refractivity contribution is 7.10. The van der Waals surface area contributed by atoms with Gasteiger partial charge in [0.15, 0.2) is 6.61 Å². The predicted molar refractivity (Wildman–Crippen MR) is 125 cm³/mol. The lowest BCUT2D eigenvalue weighted by Crippen LogP contribution is -2.47. The summed E-state index contributed by atoms with van der Waals surface area (Å²) < 4.78 is 5.63. The first-order chi connectivity index (χ1) is 15.7. The number of carbonyl (C=O) groups excluding carboxylic acids is 2. The molecule has 5 rings (SSSR count). The first kappa shape index (κ1) is 20.7. The van der Waals surface area contributed by atoms with Crippen molar-refractivity contribution in [2.24, 2.45) is 0 Å². The lowest BCUT2D eigenvalue weighted by molar-refractivity contribution is -0.132. The maximum absolute atomic E-state index is 12.8. The Morgan fingerprint density at radius 1 is 1.06 bits per heavy atom. The molecular weight excluding hydrogens is 422 g/mol. The van der Waals surface area contributed by atoms with Crippen molar-refractivity contribution in [2.45, 2.75) is 25.7 Å². The summed E-state index contributed by atoms with van der Waals surface area (Å²) in [7, 11) is 0. The van der Waals surface area contributed by atoms with Gasteiger partial charge in [0.2, 0.25) is 5.91 Å². The summed E-state index contributed by atoms with van der Waals surface area (Å²) in [6.45, 7) is 1.55. The van der Waals surface area contributed by atoms with Gasteiger partial charge in [-0.2, -0.15) is 0 Å². The molecule has 32 heavy (non-hydrogen) atoms. The maximum atomic E-state index is 12.8. The lowest BCUT2D eigenvalue weighted by Gasteiger charge is -2.32. The van der Waals surface area contributed by atoms with Gasteiger partial charge >= 0.3 is 0 Å². The minimum absolute atomic E-state index is 0.00453. The zero-order valence-corrected chi connectivity index (χ0v) is 18.6. The number of rotatable bonds is 5. The van der Waals surface area contributed by atoms with Gasteiger partial charge in [-0.05, 0) is 43.0 Å². The first-order valence-electron chi connectivity index (χ1n) is 11.0. The molecule has 164 valence electrons. The number of aromatic nitrogens is 1. The molecule has 0 N–H and O–H groups in total. The number of likely N-dealkylation sites (tertiary alicyclic amines) is 1. The number of piperidine rings is 1. The molecule has 0 saturated carbocycles. The van der Waals surface area contributed by atoms with Crippen LogP contribution in [0.4, 0.5) is 5.69 Å². The van der Waals surface area contributed by atoms with Crippen LogP contribution >= 0.6 is 11.3 Å². The van der Waals surface area contributed by atoms with Crippen molar-refractivity contribution in [1.29, 1.82) is 0 Å². The van der Waals surface area contributed by atoms with E-state index in [1.807, 2.05) is 46.7 Å².